The number of fused-ring (bicyclic) bond motifs is 3. The third-order valence-electron chi connectivity index (χ3n) is 5.58. The number of nitrogens with zero attached hydrogens (tertiary/aromatic N) is 2. The summed E-state index contributed by atoms with van der Waals surface area (Å²) in [6, 6.07) is 21.9. The van der Waals surface area contributed by atoms with Gasteiger partial charge in [0.2, 0.25) is 10.0 Å². The van der Waals surface area contributed by atoms with E-state index in [1.807, 2.05) is 49.4 Å². The summed E-state index contributed by atoms with van der Waals surface area (Å²) >= 11 is 0. The highest BCUT2D eigenvalue weighted by molar-refractivity contribution is 7.92. The molecule has 0 saturated heterocycles. The van der Waals surface area contributed by atoms with E-state index < -0.39 is 10.0 Å². The standard InChI is InChI=1S/C26H22N4O3S/c1-16-11-20(27)14-22(12-16)30-25(31)10-6-19-15-28-24-13-18(5-9-23(24)26(19)30)17-3-7-21(8-4-17)29-34(2,32)33/h3-15,29H,27H2,1-2H3. The van der Waals surface area contributed by atoms with Crippen LogP contribution in [0, 0.1) is 6.92 Å². The molecule has 3 N–H and O–H groups in total. The fourth-order valence-electron chi connectivity index (χ4n) is 4.21. The van der Waals surface area contributed by atoms with Gasteiger partial charge in [-0.05, 0) is 66.1 Å². The summed E-state index contributed by atoms with van der Waals surface area (Å²) in [6.07, 6.45) is 2.88. The van der Waals surface area contributed by atoms with Gasteiger partial charge in [0.25, 0.3) is 5.56 Å². The molecule has 0 atom stereocenters. The molecule has 0 fully saturated rings. The average molecular weight is 471 g/mol. The summed E-state index contributed by atoms with van der Waals surface area (Å²) in [6.45, 7) is 1.94. The van der Waals surface area contributed by atoms with Gasteiger partial charge in [0.15, 0.2) is 0 Å². The normalized spacial score (nSPS) is 11.7. The molecule has 7 nitrogen and oxygen atoms in total. The van der Waals surface area contributed by atoms with Gasteiger partial charge in [-0.1, -0.05) is 24.3 Å². The first-order chi connectivity index (χ1) is 16.2. The topological polar surface area (TPSA) is 107 Å². The Hall–Kier alpha value is -4.17. The van der Waals surface area contributed by atoms with Gasteiger partial charge in [-0.15, -0.1) is 0 Å². The van der Waals surface area contributed by atoms with E-state index in [0.717, 1.165) is 44.8 Å². The Balaban J connectivity index is 1.68. The second-order valence-corrected chi connectivity index (χ2v) is 10.1. The van der Waals surface area contributed by atoms with Gasteiger partial charge in [0.05, 0.1) is 23.0 Å². The van der Waals surface area contributed by atoms with Crippen molar-refractivity contribution in [3.05, 3.63) is 94.9 Å². The molecule has 0 unspecified atom stereocenters. The zero-order chi connectivity index (χ0) is 24.0. The molecule has 0 amide bonds. The van der Waals surface area contributed by atoms with Crippen molar-refractivity contribution in [3.63, 3.8) is 0 Å². The molecule has 2 aromatic heterocycles. The molecule has 0 aliphatic rings. The summed E-state index contributed by atoms with van der Waals surface area (Å²) in [7, 11) is -3.34. The minimum absolute atomic E-state index is 0.150. The Bertz CT molecular complexity index is 1720. The van der Waals surface area contributed by atoms with Crippen molar-refractivity contribution in [3.8, 4) is 16.8 Å². The number of aryl methyl sites for hydroxylation is 1. The number of aromatic nitrogens is 2. The number of nitrogens with two attached hydrogens (primary N) is 1. The van der Waals surface area contributed by atoms with Crippen LogP contribution in [0.25, 0.3) is 38.6 Å². The first-order valence-electron chi connectivity index (χ1n) is 10.6. The highest BCUT2D eigenvalue weighted by atomic mass is 32.2. The number of hydrogen-bond donors (Lipinski definition) is 2. The largest absolute Gasteiger partial charge is 0.399 e. The van der Waals surface area contributed by atoms with Crippen molar-refractivity contribution in [2.24, 2.45) is 0 Å². The second-order valence-electron chi connectivity index (χ2n) is 8.35. The lowest BCUT2D eigenvalue weighted by atomic mass is 10.0. The number of anilines is 2. The quantitative estimate of drug-likeness (QED) is 0.298. The lowest BCUT2D eigenvalue weighted by Crippen LogP contribution is -2.18. The number of hydrogen-bond acceptors (Lipinski definition) is 5. The third kappa shape index (κ3) is 4.11. The molecule has 5 rings (SSSR count). The van der Waals surface area contributed by atoms with E-state index in [0.29, 0.717) is 17.1 Å². The number of rotatable bonds is 4. The van der Waals surface area contributed by atoms with Crippen molar-refractivity contribution in [2.45, 2.75) is 6.92 Å². The highest BCUT2D eigenvalue weighted by Crippen LogP contribution is 2.30. The van der Waals surface area contributed by atoms with Crippen LogP contribution in [0.4, 0.5) is 11.4 Å². The first-order valence-corrected chi connectivity index (χ1v) is 12.5. The molecule has 0 spiro atoms. The molecule has 2 heterocycles. The van der Waals surface area contributed by atoms with Gasteiger partial charge < -0.3 is 5.73 Å². The molecule has 8 heteroatoms. The van der Waals surface area contributed by atoms with Crippen molar-refractivity contribution < 1.29 is 8.42 Å². The van der Waals surface area contributed by atoms with E-state index in [2.05, 4.69) is 9.71 Å². The van der Waals surface area contributed by atoms with Crippen LogP contribution < -0.4 is 16.0 Å². The number of nitrogens with one attached hydrogen (secondary N) is 1. The summed E-state index contributed by atoms with van der Waals surface area (Å²) < 4.78 is 27.0. The molecular weight excluding hydrogens is 448 g/mol. The summed E-state index contributed by atoms with van der Waals surface area (Å²) in [5.41, 5.74) is 12.0. The summed E-state index contributed by atoms with van der Waals surface area (Å²) in [5, 5.41) is 1.69. The van der Waals surface area contributed by atoms with Crippen LogP contribution >= 0.6 is 0 Å². The van der Waals surface area contributed by atoms with Crippen LogP contribution in [0.1, 0.15) is 5.56 Å². The Morgan fingerprint density at radius 1 is 0.912 bits per heavy atom. The van der Waals surface area contributed by atoms with Gasteiger partial charge >= 0.3 is 0 Å². The maximum Gasteiger partial charge on any atom is 0.255 e. The lowest BCUT2D eigenvalue weighted by Gasteiger charge is -2.14. The van der Waals surface area contributed by atoms with Crippen molar-refractivity contribution >= 4 is 43.2 Å². The Morgan fingerprint density at radius 2 is 1.65 bits per heavy atom. The molecule has 0 aliphatic heterocycles. The maximum atomic E-state index is 13.0. The molecule has 34 heavy (non-hydrogen) atoms. The zero-order valence-corrected chi connectivity index (χ0v) is 19.4. The molecular formula is C26H22N4O3S. The monoisotopic (exact) mass is 470 g/mol. The molecule has 3 aromatic carbocycles. The predicted molar refractivity (Wildman–Crippen MR) is 138 cm³/mol. The Morgan fingerprint density at radius 3 is 2.35 bits per heavy atom. The summed E-state index contributed by atoms with van der Waals surface area (Å²) in [4.78, 5) is 17.6. The molecule has 0 radical (unpaired) electrons. The van der Waals surface area contributed by atoms with Crippen molar-refractivity contribution in [1.82, 2.24) is 9.55 Å². The van der Waals surface area contributed by atoms with Gasteiger partial charge in [0.1, 0.15) is 0 Å². The van der Waals surface area contributed by atoms with Gasteiger partial charge in [-0.25, -0.2) is 8.42 Å². The van der Waals surface area contributed by atoms with Crippen LogP contribution in [0.15, 0.2) is 83.8 Å². The molecule has 0 bridgehead atoms. The van der Waals surface area contributed by atoms with Crippen LogP contribution in [-0.4, -0.2) is 24.2 Å². The fourth-order valence-corrected chi connectivity index (χ4v) is 4.78. The van der Waals surface area contributed by atoms with E-state index >= 15 is 0 Å². The van der Waals surface area contributed by atoms with Crippen molar-refractivity contribution in [2.75, 3.05) is 16.7 Å². The van der Waals surface area contributed by atoms with E-state index in [9.17, 15) is 13.2 Å². The minimum Gasteiger partial charge on any atom is -0.399 e. The third-order valence-corrected chi connectivity index (χ3v) is 6.19. The highest BCUT2D eigenvalue weighted by Gasteiger charge is 2.12. The number of pyridine rings is 2. The smallest absolute Gasteiger partial charge is 0.255 e. The number of sulfonamides is 1. The Labute approximate surface area is 196 Å². The maximum absolute atomic E-state index is 13.0. The van der Waals surface area contributed by atoms with Crippen LogP contribution in [-0.2, 0) is 10.0 Å². The van der Waals surface area contributed by atoms with E-state index in [1.54, 1.807) is 35.0 Å². The number of benzene rings is 3. The Kier molecular flexibility index (Phi) is 5.10. The van der Waals surface area contributed by atoms with Crippen LogP contribution in [0.3, 0.4) is 0 Å². The second kappa shape index (κ2) is 8.00. The molecule has 5 aromatic rings. The average Bonchev–Trinajstić information content (AvgIpc) is 2.77. The molecule has 170 valence electrons. The summed E-state index contributed by atoms with van der Waals surface area (Å²) in [5.74, 6) is 0. The van der Waals surface area contributed by atoms with Crippen molar-refractivity contribution in [1.29, 1.82) is 0 Å². The van der Waals surface area contributed by atoms with Crippen LogP contribution in [0.2, 0.25) is 0 Å². The van der Waals surface area contributed by atoms with Gasteiger partial charge in [-0.2, -0.15) is 0 Å². The SMILES string of the molecule is Cc1cc(N)cc(-n2c(=O)ccc3cnc4cc(-c5ccc(NS(C)(=O)=O)cc5)ccc4c32)c1. The fraction of sp³-hybridized carbons (Fsp3) is 0.0769. The van der Waals surface area contributed by atoms with Crippen LogP contribution in [0.5, 0.6) is 0 Å². The predicted octanol–water partition coefficient (Wildman–Crippen LogP) is 4.47. The van der Waals surface area contributed by atoms with Gasteiger partial charge in [-0.3, -0.25) is 19.1 Å². The van der Waals surface area contributed by atoms with E-state index in [-0.39, 0.29) is 5.56 Å². The molecule has 0 aliphatic carbocycles. The van der Waals surface area contributed by atoms with Gasteiger partial charge in [0, 0.05) is 34.4 Å². The lowest BCUT2D eigenvalue weighted by molar-refractivity contribution is 0.607. The number of nitrogen functional groups attached to an aromatic ring is 1. The molecule has 0 saturated carbocycles. The zero-order valence-electron chi connectivity index (χ0n) is 18.6. The first kappa shape index (κ1) is 21.7. The van der Waals surface area contributed by atoms with E-state index in [4.69, 9.17) is 5.73 Å². The van der Waals surface area contributed by atoms with E-state index in [1.165, 1.54) is 6.07 Å². The minimum atomic E-state index is -3.34.